The summed E-state index contributed by atoms with van der Waals surface area (Å²) in [7, 11) is 0. The minimum atomic E-state index is 0.235. The zero-order valence-electron chi connectivity index (χ0n) is 8.85. The van der Waals surface area contributed by atoms with Crippen LogP contribution in [0, 0.1) is 0 Å². The largest absolute Gasteiger partial charge is 0.327 e. The van der Waals surface area contributed by atoms with Gasteiger partial charge in [0.05, 0.1) is 11.0 Å². The average molecular weight is 201 g/mol. The molecule has 0 fully saturated rings. The van der Waals surface area contributed by atoms with Crippen LogP contribution in [0.2, 0.25) is 0 Å². The van der Waals surface area contributed by atoms with Crippen LogP contribution < -0.4 is 5.73 Å². The molecule has 1 atom stereocenters. The molecule has 1 heterocycles. The van der Waals surface area contributed by atoms with Crippen molar-refractivity contribution in [1.82, 2.24) is 9.97 Å². The van der Waals surface area contributed by atoms with Gasteiger partial charge in [0.25, 0.3) is 0 Å². The highest BCUT2D eigenvalue weighted by molar-refractivity contribution is 5.74. The van der Waals surface area contributed by atoms with Crippen molar-refractivity contribution in [2.75, 3.05) is 0 Å². The third-order valence-electron chi connectivity index (χ3n) is 2.56. The molecular weight excluding hydrogens is 186 g/mol. The summed E-state index contributed by atoms with van der Waals surface area (Å²) >= 11 is 0. The van der Waals surface area contributed by atoms with Crippen LogP contribution in [0.25, 0.3) is 11.0 Å². The van der Waals surface area contributed by atoms with Gasteiger partial charge in [0.1, 0.15) is 0 Å². The Hall–Kier alpha value is -1.48. The highest BCUT2D eigenvalue weighted by Crippen LogP contribution is 2.12. The molecule has 0 saturated carbocycles. The predicted octanol–water partition coefficient (Wildman–Crippen LogP) is 1.91. The molecule has 0 amide bonds. The van der Waals surface area contributed by atoms with E-state index in [1.165, 1.54) is 5.56 Å². The van der Waals surface area contributed by atoms with E-state index in [0.29, 0.717) is 0 Å². The molecule has 3 nitrogen and oxygen atoms in total. The first-order chi connectivity index (χ1) is 7.29. The van der Waals surface area contributed by atoms with Crippen LogP contribution in [0.15, 0.2) is 30.6 Å². The number of aromatic nitrogens is 2. The summed E-state index contributed by atoms with van der Waals surface area (Å²) in [6, 6.07) is 6.38. The van der Waals surface area contributed by atoms with E-state index >= 15 is 0 Å². The Morgan fingerprint density at radius 3 is 2.67 bits per heavy atom. The standard InChI is InChI=1S/C12H15N3/c1-2-10(13)7-9-3-4-11-12(8-9)15-6-5-14-11/h3-6,8,10H,2,7,13H2,1H3. The van der Waals surface area contributed by atoms with Crippen LogP contribution in [-0.2, 0) is 6.42 Å². The van der Waals surface area contributed by atoms with Crippen molar-refractivity contribution in [2.24, 2.45) is 5.73 Å². The number of nitrogens with two attached hydrogens (primary N) is 1. The van der Waals surface area contributed by atoms with Crippen molar-refractivity contribution in [1.29, 1.82) is 0 Å². The first kappa shape index (κ1) is 10.1. The molecule has 0 bridgehead atoms. The molecule has 1 unspecified atom stereocenters. The van der Waals surface area contributed by atoms with Crippen molar-refractivity contribution >= 4 is 11.0 Å². The summed E-state index contributed by atoms with van der Waals surface area (Å²) in [6.45, 7) is 2.10. The summed E-state index contributed by atoms with van der Waals surface area (Å²) in [6.07, 6.45) is 5.33. The van der Waals surface area contributed by atoms with Crippen molar-refractivity contribution in [3.8, 4) is 0 Å². The summed E-state index contributed by atoms with van der Waals surface area (Å²) in [4.78, 5) is 8.50. The fourth-order valence-electron chi connectivity index (χ4n) is 1.58. The predicted molar refractivity (Wildman–Crippen MR) is 61.5 cm³/mol. The Kier molecular flexibility index (Phi) is 2.92. The highest BCUT2D eigenvalue weighted by Gasteiger charge is 2.02. The second-order valence-corrected chi connectivity index (χ2v) is 3.75. The third-order valence-corrected chi connectivity index (χ3v) is 2.56. The number of hydrogen-bond acceptors (Lipinski definition) is 3. The van der Waals surface area contributed by atoms with Crippen molar-refractivity contribution < 1.29 is 0 Å². The monoisotopic (exact) mass is 201 g/mol. The molecule has 0 aliphatic heterocycles. The normalized spacial score (nSPS) is 12.9. The Balaban J connectivity index is 2.30. The molecule has 0 spiro atoms. The summed E-state index contributed by atoms with van der Waals surface area (Å²) in [5, 5.41) is 0. The molecule has 1 aromatic heterocycles. The quantitative estimate of drug-likeness (QED) is 0.825. The molecule has 1 aromatic carbocycles. The molecule has 0 radical (unpaired) electrons. The first-order valence-electron chi connectivity index (χ1n) is 5.25. The maximum atomic E-state index is 5.91. The van der Waals surface area contributed by atoms with Gasteiger partial charge in [-0.25, -0.2) is 0 Å². The van der Waals surface area contributed by atoms with E-state index in [1.54, 1.807) is 12.4 Å². The molecule has 78 valence electrons. The van der Waals surface area contributed by atoms with E-state index in [0.717, 1.165) is 23.9 Å². The van der Waals surface area contributed by atoms with Gasteiger partial charge in [0, 0.05) is 18.4 Å². The van der Waals surface area contributed by atoms with Crippen LogP contribution in [-0.4, -0.2) is 16.0 Å². The van der Waals surface area contributed by atoms with E-state index in [-0.39, 0.29) is 6.04 Å². The van der Waals surface area contributed by atoms with Crippen molar-refractivity contribution in [3.05, 3.63) is 36.2 Å². The number of fused-ring (bicyclic) bond motifs is 1. The Labute approximate surface area is 89.4 Å². The van der Waals surface area contributed by atoms with Gasteiger partial charge in [-0.2, -0.15) is 0 Å². The number of rotatable bonds is 3. The van der Waals surface area contributed by atoms with Crippen LogP contribution >= 0.6 is 0 Å². The van der Waals surface area contributed by atoms with Crippen LogP contribution in [0.3, 0.4) is 0 Å². The molecule has 2 N–H and O–H groups in total. The Morgan fingerprint density at radius 1 is 1.20 bits per heavy atom. The lowest BCUT2D eigenvalue weighted by Gasteiger charge is -2.08. The minimum Gasteiger partial charge on any atom is -0.327 e. The Morgan fingerprint density at radius 2 is 1.93 bits per heavy atom. The molecule has 0 saturated heterocycles. The maximum absolute atomic E-state index is 5.91. The van der Waals surface area contributed by atoms with Gasteiger partial charge >= 0.3 is 0 Å². The second-order valence-electron chi connectivity index (χ2n) is 3.75. The molecule has 2 aromatic rings. The molecule has 15 heavy (non-hydrogen) atoms. The first-order valence-corrected chi connectivity index (χ1v) is 5.25. The van der Waals surface area contributed by atoms with Crippen molar-refractivity contribution in [3.63, 3.8) is 0 Å². The van der Waals surface area contributed by atoms with Gasteiger partial charge < -0.3 is 5.73 Å². The van der Waals surface area contributed by atoms with Crippen LogP contribution in [0.5, 0.6) is 0 Å². The van der Waals surface area contributed by atoms with Gasteiger partial charge in [-0.05, 0) is 30.5 Å². The van der Waals surface area contributed by atoms with Crippen LogP contribution in [0.4, 0.5) is 0 Å². The van der Waals surface area contributed by atoms with Crippen molar-refractivity contribution in [2.45, 2.75) is 25.8 Å². The molecule has 2 rings (SSSR count). The number of nitrogens with zero attached hydrogens (tertiary/aromatic N) is 2. The second kappa shape index (κ2) is 4.36. The van der Waals surface area contributed by atoms with E-state index in [9.17, 15) is 0 Å². The lowest BCUT2D eigenvalue weighted by Crippen LogP contribution is -2.21. The number of benzene rings is 1. The maximum Gasteiger partial charge on any atom is 0.0889 e. The zero-order valence-corrected chi connectivity index (χ0v) is 8.85. The highest BCUT2D eigenvalue weighted by atomic mass is 14.8. The zero-order chi connectivity index (χ0) is 10.7. The van der Waals surface area contributed by atoms with Gasteiger partial charge in [-0.15, -0.1) is 0 Å². The van der Waals surface area contributed by atoms with Gasteiger partial charge in [0.15, 0.2) is 0 Å². The molecule has 0 aliphatic carbocycles. The smallest absolute Gasteiger partial charge is 0.0889 e. The lowest BCUT2D eigenvalue weighted by atomic mass is 10.0. The van der Waals surface area contributed by atoms with Crippen LogP contribution in [0.1, 0.15) is 18.9 Å². The SMILES string of the molecule is CCC(N)Cc1ccc2nccnc2c1. The minimum absolute atomic E-state index is 0.235. The molecule has 0 aliphatic rings. The molecular formula is C12H15N3. The van der Waals surface area contributed by atoms with E-state index in [2.05, 4.69) is 29.0 Å². The topological polar surface area (TPSA) is 51.8 Å². The van der Waals surface area contributed by atoms with Gasteiger partial charge in [-0.1, -0.05) is 13.0 Å². The summed E-state index contributed by atoms with van der Waals surface area (Å²) in [5.74, 6) is 0. The summed E-state index contributed by atoms with van der Waals surface area (Å²) < 4.78 is 0. The molecule has 3 heteroatoms. The third kappa shape index (κ3) is 2.30. The van der Waals surface area contributed by atoms with E-state index in [1.807, 2.05) is 6.07 Å². The van der Waals surface area contributed by atoms with Gasteiger partial charge in [0.2, 0.25) is 0 Å². The summed E-state index contributed by atoms with van der Waals surface area (Å²) in [5.41, 5.74) is 9.03. The fourth-order valence-corrected chi connectivity index (χ4v) is 1.58. The Bertz CT molecular complexity index is 453. The van der Waals surface area contributed by atoms with E-state index in [4.69, 9.17) is 5.73 Å². The lowest BCUT2D eigenvalue weighted by molar-refractivity contribution is 0.647. The average Bonchev–Trinajstić information content (AvgIpc) is 2.29. The van der Waals surface area contributed by atoms with Gasteiger partial charge in [-0.3, -0.25) is 9.97 Å². The fraction of sp³-hybridized carbons (Fsp3) is 0.333. The number of hydrogen-bond donors (Lipinski definition) is 1. The van der Waals surface area contributed by atoms with E-state index < -0.39 is 0 Å².